The van der Waals surface area contributed by atoms with E-state index in [0.717, 1.165) is 49.8 Å². The molecule has 0 saturated heterocycles. The third kappa shape index (κ3) is 4.40. The van der Waals surface area contributed by atoms with Crippen molar-refractivity contribution in [3.8, 4) is 5.75 Å². The summed E-state index contributed by atoms with van der Waals surface area (Å²) in [5.41, 5.74) is 3.56. The highest BCUT2D eigenvalue weighted by Gasteiger charge is 2.19. The highest BCUT2D eigenvalue weighted by atomic mass is 16.5. The minimum atomic E-state index is 0.467. The summed E-state index contributed by atoms with van der Waals surface area (Å²) in [6.07, 6.45) is 4.72. The lowest BCUT2D eigenvalue weighted by Gasteiger charge is -2.20. The van der Waals surface area contributed by atoms with E-state index in [1.807, 2.05) is 30.6 Å². The van der Waals surface area contributed by atoms with Gasteiger partial charge in [0.25, 0.3) is 0 Å². The van der Waals surface area contributed by atoms with Crippen molar-refractivity contribution in [3.63, 3.8) is 0 Å². The number of benzene rings is 1. The van der Waals surface area contributed by atoms with Crippen molar-refractivity contribution < 1.29 is 13.9 Å². The molecular weight excluding hydrogens is 342 g/mol. The second-order valence-corrected chi connectivity index (χ2v) is 6.82. The Labute approximate surface area is 159 Å². The van der Waals surface area contributed by atoms with E-state index in [-0.39, 0.29) is 0 Å². The molecule has 6 nitrogen and oxygen atoms in total. The van der Waals surface area contributed by atoms with Gasteiger partial charge in [0.2, 0.25) is 0 Å². The van der Waals surface area contributed by atoms with E-state index < -0.39 is 0 Å². The van der Waals surface area contributed by atoms with Crippen LogP contribution in [0, 0.1) is 0 Å². The fraction of sp³-hybridized carbons (Fsp3) is 0.381. The summed E-state index contributed by atoms with van der Waals surface area (Å²) in [5, 5.41) is 0. The molecule has 0 fully saturated rings. The van der Waals surface area contributed by atoms with Gasteiger partial charge in [0.15, 0.2) is 0 Å². The van der Waals surface area contributed by atoms with Crippen LogP contribution < -0.4 is 4.74 Å². The van der Waals surface area contributed by atoms with E-state index in [1.54, 1.807) is 13.4 Å². The Balaban J connectivity index is 1.40. The number of rotatable bonds is 7. The number of imidazole rings is 1. The first kappa shape index (κ1) is 17.8. The first-order valence-corrected chi connectivity index (χ1v) is 9.30. The smallest absolute Gasteiger partial charge is 0.129 e. The van der Waals surface area contributed by atoms with Crippen molar-refractivity contribution in [2.45, 2.75) is 39.3 Å². The third-order valence-electron chi connectivity index (χ3n) is 4.91. The van der Waals surface area contributed by atoms with Gasteiger partial charge in [-0.15, -0.1) is 0 Å². The molecule has 4 rings (SSSR count). The average molecular weight is 367 g/mol. The van der Waals surface area contributed by atoms with Crippen LogP contribution in [0.1, 0.15) is 29.1 Å². The molecule has 0 atom stereocenters. The molecule has 2 aromatic heterocycles. The second kappa shape index (κ2) is 8.41. The van der Waals surface area contributed by atoms with Gasteiger partial charge in [-0.05, 0) is 36.2 Å². The predicted octanol–water partition coefficient (Wildman–Crippen LogP) is 3.61. The van der Waals surface area contributed by atoms with Crippen molar-refractivity contribution >= 4 is 0 Å². The largest absolute Gasteiger partial charge is 0.497 e. The molecule has 0 radical (unpaired) electrons. The molecule has 0 bridgehead atoms. The molecule has 0 spiro atoms. The Morgan fingerprint density at radius 1 is 1.11 bits per heavy atom. The monoisotopic (exact) mass is 367 g/mol. The molecule has 1 aliphatic heterocycles. The van der Waals surface area contributed by atoms with Gasteiger partial charge < -0.3 is 18.5 Å². The van der Waals surface area contributed by atoms with Gasteiger partial charge in [0.1, 0.15) is 18.1 Å². The molecule has 0 N–H and O–H groups in total. The van der Waals surface area contributed by atoms with Crippen LogP contribution in [-0.2, 0) is 37.6 Å². The van der Waals surface area contributed by atoms with Gasteiger partial charge in [-0.3, -0.25) is 4.90 Å². The summed E-state index contributed by atoms with van der Waals surface area (Å²) in [4.78, 5) is 7.06. The van der Waals surface area contributed by atoms with Crippen molar-refractivity contribution in [2.75, 3.05) is 13.7 Å². The van der Waals surface area contributed by atoms with Crippen molar-refractivity contribution in [2.24, 2.45) is 0 Å². The summed E-state index contributed by atoms with van der Waals surface area (Å²) < 4.78 is 18.6. The van der Waals surface area contributed by atoms with Crippen LogP contribution in [0.25, 0.3) is 0 Å². The highest BCUT2D eigenvalue weighted by Crippen LogP contribution is 2.20. The molecule has 0 aliphatic carbocycles. The lowest BCUT2D eigenvalue weighted by Crippen LogP contribution is -2.23. The molecule has 0 saturated carbocycles. The first-order chi connectivity index (χ1) is 13.3. The topological polar surface area (TPSA) is 52.7 Å². The van der Waals surface area contributed by atoms with Crippen LogP contribution in [-0.4, -0.2) is 28.1 Å². The zero-order chi connectivity index (χ0) is 18.5. The third-order valence-corrected chi connectivity index (χ3v) is 4.91. The first-order valence-electron chi connectivity index (χ1n) is 9.30. The summed E-state index contributed by atoms with van der Waals surface area (Å²) >= 11 is 0. The van der Waals surface area contributed by atoms with Crippen LogP contribution in [0.5, 0.6) is 5.75 Å². The number of hydrogen-bond acceptors (Lipinski definition) is 5. The maximum Gasteiger partial charge on any atom is 0.129 e. The minimum Gasteiger partial charge on any atom is -0.497 e. The Bertz CT molecular complexity index is 840. The maximum absolute atomic E-state index is 5.81. The van der Waals surface area contributed by atoms with Gasteiger partial charge in [-0.25, -0.2) is 4.98 Å². The van der Waals surface area contributed by atoms with Gasteiger partial charge >= 0.3 is 0 Å². The normalized spacial score (nSPS) is 14.7. The van der Waals surface area contributed by atoms with Crippen molar-refractivity contribution in [1.29, 1.82) is 0 Å². The van der Waals surface area contributed by atoms with Crippen LogP contribution in [0.15, 0.2) is 53.4 Å². The molecule has 1 aromatic carbocycles. The lowest BCUT2D eigenvalue weighted by atomic mass is 10.2. The molecule has 0 unspecified atom stereocenters. The second-order valence-electron chi connectivity index (χ2n) is 6.82. The minimum absolute atomic E-state index is 0.467. The van der Waals surface area contributed by atoms with E-state index in [1.165, 1.54) is 11.3 Å². The van der Waals surface area contributed by atoms with Crippen LogP contribution in [0.4, 0.5) is 0 Å². The van der Waals surface area contributed by atoms with E-state index in [9.17, 15) is 0 Å². The lowest BCUT2D eigenvalue weighted by molar-refractivity contribution is 0.0897. The van der Waals surface area contributed by atoms with Crippen molar-refractivity contribution in [1.82, 2.24) is 14.5 Å². The molecule has 142 valence electrons. The summed E-state index contributed by atoms with van der Waals surface area (Å²) in [5.74, 6) is 1.73. The Kier molecular flexibility index (Phi) is 5.55. The van der Waals surface area contributed by atoms with Crippen LogP contribution >= 0.6 is 0 Å². The van der Waals surface area contributed by atoms with E-state index in [0.29, 0.717) is 13.2 Å². The van der Waals surface area contributed by atoms with E-state index >= 15 is 0 Å². The molecule has 0 amide bonds. The zero-order valence-corrected chi connectivity index (χ0v) is 15.6. The molecule has 1 aliphatic rings. The Morgan fingerprint density at radius 3 is 2.78 bits per heavy atom. The Morgan fingerprint density at radius 2 is 2.00 bits per heavy atom. The highest BCUT2D eigenvalue weighted by molar-refractivity contribution is 5.27. The fourth-order valence-electron chi connectivity index (χ4n) is 3.47. The fourth-order valence-corrected chi connectivity index (χ4v) is 3.47. The maximum atomic E-state index is 5.81. The molecule has 3 heterocycles. The summed E-state index contributed by atoms with van der Waals surface area (Å²) in [7, 11) is 1.69. The Hall–Kier alpha value is -2.57. The number of aromatic nitrogens is 2. The molecule has 3 aromatic rings. The number of aryl methyl sites for hydroxylation is 1. The number of nitrogens with zero attached hydrogens (tertiary/aromatic N) is 3. The van der Waals surface area contributed by atoms with Gasteiger partial charge in [-0.2, -0.15) is 0 Å². The quantitative estimate of drug-likeness (QED) is 0.639. The van der Waals surface area contributed by atoms with E-state index in [4.69, 9.17) is 13.9 Å². The number of hydrogen-bond donors (Lipinski definition) is 0. The van der Waals surface area contributed by atoms with Gasteiger partial charge in [0, 0.05) is 26.2 Å². The van der Waals surface area contributed by atoms with Gasteiger partial charge in [-0.1, -0.05) is 12.1 Å². The van der Waals surface area contributed by atoms with Crippen LogP contribution in [0.2, 0.25) is 0 Å². The van der Waals surface area contributed by atoms with Crippen molar-refractivity contribution in [3.05, 3.63) is 71.7 Å². The number of furan rings is 1. The standard InChI is InChI=1S/C21H25N3O3/c1-25-18-7-5-17(6-8-18)12-23-9-3-10-24-16-22-20(21(24)13-23)15-26-14-19-4-2-11-27-19/h2,4-8,11,16H,3,9-10,12-15H2,1H3. The zero-order valence-electron chi connectivity index (χ0n) is 15.6. The number of methoxy groups -OCH3 is 1. The number of fused-ring (bicyclic) bond motifs is 1. The predicted molar refractivity (Wildman–Crippen MR) is 101 cm³/mol. The van der Waals surface area contributed by atoms with Gasteiger partial charge in [0.05, 0.1) is 37.7 Å². The molecular formula is C21H25N3O3. The summed E-state index contributed by atoms with van der Waals surface area (Å²) in [6.45, 7) is 4.83. The molecule has 27 heavy (non-hydrogen) atoms. The SMILES string of the molecule is COc1ccc(CN2CCCn3cnc(COCc4ccco4)c3C2)cc1. The summed E-state index contributed by atoms with van der Waals surface area (Å²) in [6, 6.07) is 12.1. The molecule has 6 heteroatoms. The number of ether oxygens (including phenoxy) is 2. The van der Waals surface area contributed by atoms with E-state index in [2.05, 4.69) is 26.6 Å². The average Bonchev–Trinajstić information content (AvgIpc) is 3.29. The van der Waals surface area contributed by atoms with Crippen LogP contribution in [0.3, 0.4) is 0 Å².